The molecule has 0 saturated carbocycles. The third-order valence-electron chi connectivity index (χ3n) is 3.37. The van der Waals surface area contributed by atoms with E-state index in [4.69, 9.17) is 5.26 Å². The van der Waals surface area contributed by atoms with Crippen LogP contribution in [0.3, 0.4) is 0 Å². The van der Waals surface area contributed by atoms with Crippen molar-refractivity contribution in [3.8, 4) is 6.07 Å². The molecule has 2 aromatic carbocycles. The van der Waals surface area contributed by atoms with Crippen LogP contribution in [0.5, 0.6) is 0 Å². The number of aryl methyl sites for hydroxylation is 1. The summed E-state index contributed by atoms with van der Waals surface area (Å²) < 4.78 is 1.68. The summed E-state index contributed by atoms with van der Waals surface area (Å²) in [6.07, 6.45) is 0. The van der Waals surface area contributed by atoms with E-state index in [2.05, 4.69) is 43.2 Å². The van der Waals surface area contributed by atoms with Crippen molar-refractivity contribution in [3.63, 3.8) is 0 Å². The van der Waals surface area contributed by atoms with Crippen molar-refractivity contribution in [1.29, 1.82) is 5.26 Å². The summed E-state index contributed by atoms with van der Waals surface area (Å²) in [6, 6.07) is 13.4. The molecule has 0 heterocycles. The van der Waals surface area contributed by atoms with Gasteiger partial charge in [0.2, 0.25) is 5.91 Å². The van der Waals surface area contributed by atoms with Crippen LogP contribution < -0.4 is 5.32 Å². The Labute approximate surface area is 158 Å². The second kappa shape index (κ2) is 8.43. The number of hydrogen-bond donors (Lipinski definition) is 1. The summed E-state index contributed by atoms with van der Waals surface area (Å²) in [4.78, 5) is 14.2. The maximum atomic E-state index is 12.3. The molecule has 0 spiro atoms. The lowest BCUT2D eigenvalue weighted by atomic mass is 10.1. The predicted octanol–water partition coefficient (Wildman–Crippen LogP) is 4.46. The van der Waals surface area contributed by atoms with Gasteiger partial charge in [-0.05, 0) is 81.2 Å². The first kappa shape index (κ1) is 18.7. The van der Waals surface area contributed by atoms with Gasteiger partial charge in [0.25, 0.3) is 0 Å². The lowest BCUT2D eigenvalue weighted by Crippen LogP contribution is -2.30. The molecule has 0 unspecified atom stereocenters. The van der Waals surface area contributed by atoms with Gasteiger partial charge in [-0.15, -0.1) is 0 Å². The van der Waals surface area contributed by atoms with Crippen LogP contribution >= 0.6 is 31.9 Å². The number of amides is 1. The molecule has 2 aromatic rings. The van der Waals surface area contributed by atoms with Crippen molar-refractivity contribution >= 4 is 43.5 Å². The average Bonchev–Trinajstić information content (AvgIpc) is 2.50. The van der Waals surface area contributed by atoms with Crippen molar-refractivity contribution in [2.45, 2.75) is 13.5 Å². The standard InChI is InChI=1S/C18H17Br2N3O/c1-12-6-15(19)18(16(20)7-12)22-17(24)11-23(2)10-14-5-3-4-13(8-14)9-21/h3-8H,10-11H2,1-2H3,(H,22,24). The molecule has 2 rings (SSSR count). The van der Waals surface area contributed by atoms with Crippen molar-refractivity contribution in [2.75, 3.05) is 18.9 Å². The fraction of sp³-hybridized carbons (Fsp3) is 0.222. The molecule has 1 N–H and O–H groups in total. The van der Waals surface area contributed by atoms with Gasteiger partial charge < -0.3 is 5.32 Å². The lowest BCUT2D eigenvalue weighted by molar-refractivity contribution is -0.117. The maximum absolute atomic E-state index is 12.3. The first-order valence-electron chi connectivity index (χ1n) is 7.32. The molecule has 24 heavy (non-hydrogen) atoms. The zero-order chi connectivity index (χ0) is 17.7. The third-order valence-corrected chi connectivity index (χ3v) is 4.62. The largest absolute Gasteiger partial charge is 0.323 e. The highest BCUT2D eigenvalue weighted by Crippen LogP contribution is 2.32. The van der Waals surface area contributed by atoms with Crippen LogP contribution in [0.1, 0.15) is 16.7 Å². The fourth-order valence-electron chi connectivity index (χ4n) is 2.35. The third kappa shape index (κ3) is 5.17. The highest BCUT2D eigenvalue weighted by atomic mass is 79.9. The Morgan fingerprint density at radius 1 is 1.25 bits per heavy atom. The molecule has 0 fully saturated rings. The molecule has 0 aliphatic carbocycles. The van der Waals surface area contributed by atoms with Crippen molar-refractivity contribution in [3.05, 3.63) is 62.0 Å². The number of nitriles is 1. The van der Waals surface area contributed by atoms with E-state index in [-0.39, 0.29) is 12.5 Å². The van der Waals surface area contributed by atoms with E-state index in [1.165, 1.54) is 0 Å². The number of carbonyl (C=O) groups excluding carboxylic acids is 1. The molecule has 6 heteroatoms. The number of benzene rings is 2. The van der Waals surface area contributed by atoms with Crippen LogP contribution in [0.15, 0.2) is 45.3 Å². The summed E-state index contributed by atoms with van der Waals surface area (Å²) in [5, 5.41) is 11.9. The molecular weight excluding hydrogens is 434 g/mol. The number of halogens is 2. The van der Waals surface area contributed by atoms with Crippen LogP contribution in [0.4, 0.5) is 5.69 Å². The maximum Gasteiger partial charge on any atom is 0.238 e. The summed E-state index contributed by atoms with van der Waals surface area (Å²) in [7, 11) is 1.87. The van der Waals surface area contributed by atoms with Gasteiger partial charge in [0.05, 0.1) is 23.9 Å². The minimum atomic E-state index is -0.0980. The lowest BCUT2D eigenvalue weighted by Gasteiger charge is -2.17. The Kier molecular flexibility index (Phi) is 6.55. The summed E-state index contributed by atoms with van der Waals surface area (Å²) in [6.45, 7) is 2.84. The van der Waals surface area contributed by atoms with Crippen LogP contribution in [0, 0.1) is 18.3 Å². The molecule has 0 radical (unpaired) electrons. The fourth-order valence-corrected chi connectivity index (χ4v) is 3.96. The molecule has 124 valence electrons. The van der Waals surface area contributed by atoms with Gasteiger partial charge in [0, 0.05) is 15.5 Å². The SMILES string of the molecule is Cc1cc(Br)c(NC(=O)CN(C)Cc2cccc(C#N)c2)c(Br)c1. The zero-order valence-electron chi connectivity index (χ0n) is 13.4. The minimum Gasteiger partial charge on any atom is -0.323 e. The van der Waals surface area contributed by atoms with E-state index in [0.29, 0.717) is 12.1 Å². The van der Waals surface area contributed by atoms with Gasteiger partial charge in [0.1, 0.15) is 0 Å². The van der Waals surface area contributed by atoms with Crippen LogP contribution in [-0.4, -0.2) is 24.4 Å². The Morgan fingerprint density at radius 3 is 2.54 bits per heavy atom. The quantitative estimate of drug-likeness (QED) is 0.731. The van der Waals surface area contributed by atoms with Crippen LogP contribution in [-0.2, 0) is 11.3 Å². The summed E-state index contributed by atoms with van der Waals surface area (Å²) in [5.41, 5.74) is 3.45. The summed E-state index contributed by atoms with van der Waals surface area (Å²) in [5.74, 6) is -0.0980. The average molecular weight is 451 g/mol. The molecular formula is C18H17Br2N3O. The number of hydrogen-bond acceptors (Lipinski definition) is 3. The number of anilines is 1. The molecule has 0 aromatic heterocycles. The Balaban J connectivity index is 1.98. The van der Waals surface area contributed by atoms with Crippen molar-refractivity contribution in [1.82, 2.24) is 4.90 Å². The van der Waals surface area contributed by atoms with E-state index < -0.39 is 0 Å². The second-order valence-corrected chi connectivity index (χ2v) is 7.34. The number of carbonyl (C=O) groups is 1. The molecule has 1 amide bonds. The number of nitrogens with zero attached hydrogens (tertiary/aromatic N) is 2. The van der Waals surface area contributed by atoms with Crippen molar-refractivity contribution < 1.29 is 4.79 Å². The van der Waals surface area contributed by atoms with E-state index in [1.54, 1.807) is 6.07 Å². The second-order valence-electron chi connectivity index (χ2n) is 5.64. The van der Waals surface area contributed by atoms with E-state index >= 15 is 0 Å². The monoisotopic (exact) mass is 449 g/mol. The highest BCUT2D eigenvalue weighted by Gasteiger charge is 2.12. The van der Waals surface area contributed by atoms with E-state index in [1.807, 2.05) is 49.2 Å². The van der Waals surface area contributed by atoms with Gasteiger partial charge in [-0.2, -0.15) is 5.26 Å². The summed E-state index contributed by atoms with van der Waals surface area (Å²) >= 11 is 6.95. The van der Waals surface area contributed by atoms with Gasteiger partial charge in [0.15, 0.2) is 0 Å². The smallest absolute Gasteiger partial charge is 0.238 e. The van der Waals surface area contributed by atoms with Crippen LogP contribution in [0.25, 0.3) is 0 Å². The minimum absolute atomic E-state index is 0.0980. The molecule has 4 nitrogen and oxygen atoms in total. The first-order chi connectivity index (χ1) is 11.4. The molecule has 0 bridgehead atoms. The van der Waals surface area contributed by atoms with E-state index in [9.17, 15) is 4.79 Å². The highest BCUT2D eigenvalue weighted by molar-refractivity contribution is 9.11. The molecule has 0 saturated heterocycles. The molecule has 0 atom stereocenters. The number of rotatable bonds is 5. The van der Waals surface area contributed by atoms with Crippen molar-refractivity contribution in [2.24, 2.45) is 0 Å². The molecule has 0 aliphatic heterocycles. The Morgan fingerprint density at radius 2 is 1.92 bits per heavy atom. The predicted molar refractivity (Wildman–Crippen MR) is 103 cm³/mol. The number of likely N-dealkylation sites (N-methyl/N-ethyl adjacent to an activating group) is 1. The van der Waals surface area contributed by atoms with Gasteiger partial charge in [-0.1, -0.05) is 12.1 Å². The molecule has 0 aliphatic rings. The Hall–Kier alpha value is -1.68. The Bertz CT molecular complexity index is 776. The van der Waals surface area contributed by atoms with Gasteiger partial charge in [-0.25, -0.2) is 0 Å². The normalized spacial score (nSPS) is 10.5. The van der Waals surface area contributed by atoms with Crippen LogP contribution in [0.2, 0.25) is 0 Å². The van der Waals surface area contributed by atoms with Gasteiger partial charge in [-0.3, -0.25) is 9.69 Å². The topological polar surface area (TPSA) is 56.1 Å². The first-order valence-corrected chi connectivity index (χ1v) is 8.90. The number of nitrogens with one attached hydrogen (secondary N) is 1. The van der Waals surface area contributed by atoms with E-state index in [0.717, 1.165) is 25.8 Å². The van der Waals surface area contributed by atoms with Gasteiger partial charge >= 0.3 is 0 Å². The zero-order valence-corrected chi connectivity index (χ0v) is 16.6.